The summed E-state index contributed by atoms with van der Waals surface area (Å²) in [6.07, 6.45) is 2.03. The molecule has 2 amide bonds. The molecular formula is C20H22FN3O2. The van der Waals surface area contributed by atoms with Crippen molar-refractivity contribution >= 4 is 23.2 Å². The molecule has 136 valence electrons. The van der Waals surface area contributed by atoms with E-state index >= 15 is 0 Å². The third-order valence-corrected chi connectivity index (χ3v) is 4.45. The highest BCUT2D eigenvalue weighted by Gasteiger charge is 2.23. The van der Waals surface area contributed by atoms with Gasteiger partial charge in [-0.1, -0.05) is 6.07 Å². The monoisotopic (exact) mass is 355 g/mol. The second kappa shape index (κ2) is 7.56. The normalized spacial score (nSPS) is 13.6. The molecule has 26 heavy (non-hydrogen) atoms. The first-order valence-electron chi connectivity index (χ1n) is 8.63. The topological polar surface area (TPSA) is 52.7 Å². The van der Waals surface area contributed by atoms with Gasteiger partial charge in [-0.15, -0.1) is 0 Å². The minimum atomic E-state index is -0.467. The summed E-state index contributed by atoms with van der Waals surface area (Å²) in [6, 6.07) is 10.7. The predicted octanol–water partition coefficient (Wildman–Crippen LogP) is 3.38. The first-order valence-corrected chi connectivity index (χ1v) is 8.63. The maximum absolute atomic E-state index is 13.3. The Morgan fingerprint density at radius 1 is 1.08 bits per heavy atom. The van der Waals surface area contributed by atoms with Gasteiger partial charge in [-0.05, 0) is 49.2 Å². The van der Waals surface area contributed by atoms with Crippen molar-refractivity contribution in [2.24, 2.45) is 0 Å². The van der Waals surface area contributed by atoms with Crippen LogP contribution in [0.15, 0.2) is 42.5 Å². The van der Waals surface area contributed by atoms with Crippen molar-refractivity contribution in [2.75, 3.05) is 37.4 Å². The van der Waals surface area contributed by atoms with Gasteiger partial charge < -0.3 is 15.1 Å². The van der Waals surface area contributed by atoms with E-state index in [1.54, 1.807) is 18.2 Å². The number of nitrogens with zero attached hydrogens (tertiary/aromatic N) is 2. The van der Waals surface area contributed by atoms with E-state index in [9.17, 15) is 14.0 Å². The maximum atomic E-state index is 13.3. The van der Waals surface area contributed by atoms with Crippen LogP contribution in [-0.4, -0.2) is 43.9 Å². The average molecular weight is 355 g/mol. The molecule has 0 unspecified atom stereocenters. The molecule has 2 aromatic rings. The van der Waals surface area contributed by atoms with E-state index in [0.29, 0.717) is 11.3 Å². The Bertz CT molecular complexity index is 830. The minimum Gasteiger partial charge on any atom is -0.377 e. The maximum Gasteiger partial charge on any atom is 0.256 e. The van der Waals surface area contributed by atoms with Gasteiger partial charge in [0.2, 0.25) is 0 Å². The van der Waals surface area contributed by atoms with Crippen molar-refractivity contribution < 1.29 is 14.0 Å². The van der Waals surface area contributed by atoms with Gasteiger partial charge in [0.15, 0.2) is 0 Å². The molecule has 1 heterocycles. The van der Waals surface area contributed by atoms with E-state index in [1.165, 1.54) is 18.2 Å². The number of rotatable bonds is 4. The zero-order valence-corrected chi connectivity index (χ0v) is 15.0. The Kier molecular flexibility index (Phi) is 5.21. The van der Waals surface area contributed by atoms with Crippen LogP contribution < -0.4 is 10.2 Å². The van der Waals surface area contributed by atoms with E-state index in [0.717, 1.165) is 31.6 Å². The van der Waals surface area contributed by atoms with Gasteiger partial charge in [-0.25, -0.2) is 4.39 Å². The SMILES string of the molecule is CN(C)c1ccc(NC(=O)c2cccc(F)c2)cc1C(=O)N1CCCC1. The van der Waals surface area contributed by atoms with Crippen molar-refractivity contribution in [3.8, 4) is 0 Å². The molecule has 6 heteroatoms. The van der Waals surface area contributed by atoms with Crippen LogP contribution in [0.3, 0.4) is 0 Å². The summed E-state index contributed by atoms with van der Waals surface area (Å²) in [6.45, 7) is 1.51. The van der Waals surface area contributed by atoms with Crippen LogP contribution in [0.4, 0.5) is 15.8 Å². The lowest BCUT2D eigenvalue weighted by Crippen LogP contribution is -2.29. The van der Waals surface area contributed by atoms with E-state index in [4.69, 9.17) is 0 Å². The number of carbonyl (C=O) groups excluding carboxylic acids is 2. The Hall–Kier alpha value is -2.89. The fourth-order valence-corrected chi connectivity index (χ4v) is 3.10. The zero-order chi connectivity index (χ0) is 18.7. The van der Waals surface area contributed by atoms with Crippen LogP contribution in [0.2, 0.25) is 0 Å². The molecule has 5 nitrogen and oxygen atoms in total. The summed E-state index contributed by atoms with van der Waals surface area (Å²) in [7, 11) is 3.75. The van der Waals surface area contributed by atoms with Crippen molar-refractivity contribution in [3.05, 3.63) is 59.4 Å². The number of likely N-dealkylation sites (tertiary alicyclic amines) is 1. The molecule has 0 spiro atoms. The number of amides is 2. The lowest BCUT2D eigenvalue weighted by Gasteiger charge is -2.22. The van der Waals surface area contributed by atoms with Crippen LogP contribution in [0.25, 0.3) is 0 Å². The van der Waals surface area contributed by atoms with Crippen molar-refractivity contribution in [3.63, 3.8) is 0 Å². The van der Waals surface area contributed by atoms with E-state index < -0.39 is 11.7 Å². The van der Waals surface area contributed by atoms with Gasteiger partial charge in [0, 0.05) is 44.1 Å². The third kappa shape index (κ3) is 3.85. The van der Waals surface area contributed by atoms with E-state index in [2.05, 4.69) is 5.32 Å². The second-order valence-electron chi connectivity index (χ2n) is 6.59. The van der Waals surface area contributed by atoms with Crippen molar-refractivity contribution in [1.82, 2.24) is 4.90 Å². The fourth-order valence-electron chi connectivity index (χ4n) is 3.10. The van der Waals surface area contributed by atoms with Crippen LogP contribution in [-0.2, 0) is 0 Å². The van der Waals surface area contributed by atoms with Crippen molar-refractivity contribution in [1.29, 1.82) is 0 Å². The fraction of sp³-hybridized carbons (Fsp3) is 0.300. The van der Waals surface area contributed by atoms with Gasteiger partial charge in [-0.3, -0.25) is 9.59 Å². The molecule has 0 radical (unpaired) electrons. The number of nitrogens with one attached hydrogen (secondary N) is 1. The van der Waals surface area contributed by atoms with Gasteiger partial charge in [-0.2, -0.15) is 0 Å². The quantitative estimate of drug-likeness (QED) is 0.915. The van der Waals surface area contributed by atoms with Crippen LogP contribution in [0, 0.1) is 5.82 Å². The Morgan fingerprint density at radius 3 is 2.46 bits per heavy atom. The largest absolute Gasteiger partial charge is 0.377 e. The highest BCUT2D eigenvalue weighted by Crippen LogP contribution is 2.26. The Labute approximate surface area is 152 Å². The number of anilines is 2. The molecule has 2 aromatic carbocycles. The summed E-state index contributed by atoms with van der Waals surface area (Å²) in [5.41, 5.74) is 2.08. The van der Waals surface area contributed by atoms with Crippen LogP contribution in [0.1, 0.15) is 33.6 Å². The number of halogens is 1. The Balaban J connectivity index is 1.87. The smallest absolute Gasteiger partial charge is 0.256 e. The van der Waals surface area contributed by atoms with Gasteiger partial charge in [0.05, 0.1) is 5.56 Å². The number of carbonyl (C=O) groups is 2. The highest BCUT2D eigenvalue weighted by molar-refractivity contribution is 6.06. The van der Waals surface area contributed by atoms with E-state index in [-0.39, 0.29) is 11.5 Å². The Morgan fingerprint density at radius 2 is 1.81 bits per heavy atom. The summed E-state index contributed by atoms with van der Waals surface area (Å²) in [4.78, 5) is 28.9. The average Bonchev–Trinajstić information content (AvgIpc) is 3.15. The summed E-state index contributed by atoms with van der Waals surface area (Å²) < 4.78 is 13.3. The van der Waals surface area contributed by atoms with Gasteiger partial charge in [0.25, 0.3) is 11.8 Å². The van der Waals surface area contributed by atoms with Gasteiger partial charge in [0.1, 0.15) is 5.82 Å². The van der Waals surface area contributed by atoms with Crippen LogP contribution in [0.5, 0.6) is 0 Å². The molecule has 1 aliphatic heterocycles. The molecule has 1 aliphatic rings. The molecule has 0 aromatic heterocycles. The van der Waals surface area contributed by atoms with Gasteiger partial charge >= 0.3 is 0 Å². The summed E-state index contributed by atoms with van der Waals surface area (Å²) in [5, 5.41) is 2.74. The molecule has 1 saturated heterocycles. The summed E-state index contributed by atoms with van der Waals surface area (Å²) in [5.74, 6) is -0.916. The first kappa shape index (κ1) is 17.9. The lowest BCUT2D eigenvalue weighted by molar-refractivity contribution is 0.0793. The second-order valence-corrected chi connectivity index (χ2v) is 6.59. The molecule has 0 aliphatic carbocycles. The number of hydrogen-bond acceptors (Lipinski definition) is 3. The molecule has 0 bridgehead atoms. The molecular weight excluding hydrogens is 333 g/mol. The lowest BCUT2D eigenvalue weighted by atomic mass is 10.1. The molecule has 0 atom stereocenters. The minimum absolute atomic E-state index is 0.0342. The third-order valence-electron chi connectivity index (χ3n) is 4.45. The molecule has 1 N–H and O–H groups in total. The van der Waals surface area contributed by atoms with Crippen LogP contribution >= 0.6 is 0 Å². The zero-order valence-electron chi connectivity index (χ0n) is 15.0. The molecule has 0 saturated carbocycles. The number of benzene rings is 2. The standard InChI is InChI=1S/C20H22FN3O2/c1-23(2)18-9-8-16(13-17(18)20(26)24-10-3-4-11-24)22-19(25)14-6-5-7-15(21)12-14/h5-9,12-13H,3-4,10-11H2,1-2H3,(H,22,25). The summed E-state index contributed by atoms with van der Waals surface area (Å²) >= 11 is 0. The number of hydrogen-bond donors (Lipinski definition) is 1. The molecule has 3 rings (SSSR count). The van der Waals surface area contributed by atoms with E-state index in [1.807, 2.05) is 30.0 Å². The molecule has 1 fully saturated rings. The predicted molar refractivity (Wildman–Crippen MR) is 100 cm³/mol. The first-order chi connectivity index (χ1) is 12.5. The van der Waals surface area contributed by atoms with Crippen molar-refractivity contribution in [2.45, 2.75) is 12.8 Å². The highest BCUT2D eigenvalue weighted by atomic mass is 19.1.